The summed E-state index contributed by atoms with van der Waals surface area (Å²) in [4.78, 5) is 38.7. The number of aromatic nitrogens is 5. The minimum absolute atomic E-state index is 0.00537. The first kappa shape index (κ1) is 29.1. The normalized spacial score (nSPS) is 17.8. The molecule has 8 nitrogen and oxygen atoms in total. The van der Waals surface area contributed by atoms with E-state index in [1.807, 2.05) is 33.8 Å². The van der Waals surface area contributed by atoms with Crippen LogP contribution in [-0.4, -0.2) is 60.6 Å². The van der Waals surface area contributed by atoms with Gasteiger partial charge in [-0.3, -0.25) is 14.5 Å². The van der Waals surface area contributed by atoms with Gasteiger partial charge >= 0.3 is 0 Å². The quantitative estimate of drug-likeness (QED) is 0.301. The van der Waals surface area contributed by atoms with E-state index in [-0.39, 0.29) is 42.2 Å². The Morgan fingerprint density at radius 2 is 1.68 bits per heavy atom. The number of carbonyl (C=O) groups is 2. The van der Waals surface area contributed by atoms with Crippen LogP contribution in [0.3, 0.4) is 0 Å². The summed E-state index contributed by atoms with van der Waals surface area (Å²) in [6.07, 6.45) is 8.02. The Kier molecular flexibility index (Phi) is 8.14. The van der Waals surface area contributed by atoms with Crippen molar-refractivity contribution >= 4 is 11.6 Å². The monoisotopic (exact) mass is 564 g/mol. The Balaban J connectivity index is 1.32. The van der Waals surface area contributed by atoms with E-state index in [1.165, 1.54) is 31.5 Å². The molecule has 1 saturated heterocycles. The van der Waals surface area contributed by atoms with E-state index < -0.39 is 22.5 Å². The molecule has 2 fully saturated rings. The number of hydrogen-bond donors (Lipinski definition) is 0. The number of carbonyl (C=O) groups excluding carboxylic acids is 2. The molecule has 0 bridgehead atoms. The molecule has 0 unspecified atom stereocenters. The summed E-state index contributed by atoms with van der Waals surface area (Å²) in [5.74, 6) is -1.02. The van der Waals surface area contributed by atoms with Gasteiger partial charge in [-0.1, -0.05) is 38.3 Å². The smallest absolute Gasteiger partial charge is 0.185 e. The maximum absolute atomic E-state index is 14.3. The second-order valence-corrected chi connectivity index (χ2v) is 12.7. The number of Topliss-reactive ketones (excluding diaryl/α,β-unsaturated/α-hetero) is 2. The van der Waals surface area contributed by atoms with Gasteiger partial charge in [-0.2, -0.15) is 0 Å². The zero-order valence-corrected chi connectivity index (χ0v) is 24.3. The number of likely N-dealkylation sites (tertiary alicyclic amines) is 1. The van der Waals surface area contributed by atoms with Crippen LogP contribution in [-0.2, 0) is 10.2 Å². The minimum Gasteiger partial charge on any atom is -0.300 e. The molecular formula is C31H38F2N6O2. The Morgan fingerprint density at radius 3 is 2.34 bits per heavy atom. The molecule has 1 aliphatic carbocycles. The van der Waals surface area contributed by atoms with E-state index in [4.69, 9.17) is 0 Å². The Bertz CT molecular complexity index is 1420. The fourth-order valence-electron chi connectivity index (χ4n) is 6.49. The fraction of sp³-hybridized carbons (Fsp3) is 0.548. The zero-order chi connectivity index (χ0) is 29.4. The van der Waals surface area contributed by atoms with Gasteiger partial charge in [0, 0.05) is 66.7 Å². The molecule has 10 heteroatoms. The first-order chi connectivity index (χ1) is 19.4. The molecule has 2 aromatic heterocycles. The van der Waals surface area contributed by atoms with E-state index in [0.29, 0.717) is 25.0 Å². The number of aryl methyl sites for hydroxylation is 2. The van der Waals surface area contributed by atoms with Crippen molar-refractivity contribution in [1.29, 1.82) is 0 Å². The third kappa shape index (κ3) is 6.58. The van der Waals surface area contributed by atoms with Gasteiger partial charge in [0.15, 0.2) is 11.6 Å². The highest BCUT2D eigenvalue weighted by molar-refractivity contribution is 5.95. The Morgan fingerprint density at radius 1 is 1.00 bits per heavy atom. The SMILES string of the molecule is Cc1cc(C)nc(C(C)(C)CC(=O)CC2(CC(=O)c3cn(-c4ccc(F)cc4F)nn3)CN(C3CCCCC3)C2)n1. The van der Waals surface area contributed by atoms with Crippen molar-refractivity contribution in [1.82, 2.24) is 29.9 Å². The standard InChI is InChI=1S/C31H38F2N6O2/c1-20-12-21(2)35-29(34-20)30(3,4)14-24(40)15-31(18-38(19-31)23-8-6-5-7-9-23)16-28(41)26-17-39(37-36-26)27-11-10-22(32)13-25(27)33/h10-13,17,23H,5-9,14-16,18-19H2,1-4H3. The molecule has 5 rings (SSSR count). The van der Waals surface area contributed by atoms with Crippen molar-refractivity contribution < 1.29 is 18.4 Å². The molecule has 218 valence electrons. The second kappa shape index (κ2) is 11.5. The molecule has 1 aliphatic heterocycles. The molecule has 41 heavy (non-hydrogen) atoms. The van der Waals surface area contributed by atoms with Crippen LogP contribution in [0.1, 0.15) is 92.9 Å². The largest absolute Gasteiger partial charge is 0.300 e. The second-order valence-electron chi connectivity index (χ2n) is 12.7. The van der Waals surface area contributed by atoms with Gasteiger partial charge in [0.25, 0.3) is 0 Å². The predicted octanol–water partition coefficient (Wildman–Crippen LogP) is 5.49. The van der Waals surface area contributed by atoms with E-state index >= 15 is 0 Å². The molecule has 0 spiro atoms. The lowest BCUT2D eigenvalue weighted by Crippen LogP contribution is -2.61. The van der Waals surface area contributed by atoms with E-state index in [2.05, 4.69) is 25.2 Å². The van der Waals surface area contributed by atoms with E-state index in [9.17, 15) is 18.4 Å². The highest BCUT2D eigenvalue weighted by Gasteiger charge is 2.48. The summed E-state index contributed by atoms with van der Waals surface area (Å²) >= 11 is 0. The molecule has 1 aromatic carbocycles. The molecule has 3 heterocycles. The van der Waals surface area contributed by atoms with Gasteiger partial charge in [0.05, 0.1) is 6.20 Å². The first-order valence-corrected chi connectivity index (χ1v) is 14.4. The van der Waals surface area contributed by atoms with E-state index in [0.717, 1.165) is 41.0 Å². The van der Waals surface area contributed by atoms with Crippen LogP contribution in [0.15, 0.2) is 30.5 Å². The number of rotatable bonds is 10. The molecule has 0 radical (unpaired) electrons. The third-order valence-corrected chi connectivity index (χ3v) is 8.44. The molecule has 3 aromatic rings. The maximum Gasteiger partial charge on any atom is 0.185 e. The van der Waals surface area contributed by atoms with Crippen molar-refractivity contribution in [2.75, 3.05) is 13.1 Å². The van der Waals surface area contributed by atoms with Crippen LogP contribution in [0.25, 0.3) is 5.69 Å². The summed E-state index contributed by atoms with van der Waals surface area (Å²) in [6.45, 7) is 9.17. The lowest BCUT2D eigenvalue weighted by Gasteiger charge is -2.54. The Labute approximate surface area is 239 Å². The van der Waals surface area contributed by atoms with Crippen molar-refractivity contribution in [2.45, 2.75) is 90.5 Å². The van der Waals surface area contributed by atoms with Crippen molar-refractivity contribution in [2.24, 2.45) is 5.41 Å². The molecule has 0 N–H and O–H groups in total. The molecule has 1 saturated carbocycles. The van der Waals surface area contributed by atoms with Crippen LogP contribution in [0.2, 0.25) is 0 Å². The highest BCUT2D eigenvalue weighted by atomic mass is 19.1. The van der Waals surface area contributed by atoms with Gasteiger partial charge in [0.2, 0.25) is 0 Å². The van der Waals surface area contributed by atoms with Crippen LogP contribution in [0, 0.1) is 30.9 Å². The number of ketones is 2. The van der Waals surface area contributed by atoms with Crippen LogP contribution < -0.4 is 0 Å². The number of hydrogen-bond acceptors (Lipinski definition) is 7. The van der Waals surface area contributed by atoms with Crippen molar-refractivity contribution in [3.05, 3.63) is 65.0 Å². The fourth-order valence-corrected chi connectivity index (χ4v) is 6.49. The average Bonchev–Trinajstić information content (AvgIpc) is 3.37. The third-order valence-electron chi connectivity index (χ3n) is 8.44. The van der Waals surface area contributed by atoms with Gasteiger partial charge < -0.3 is 0 Å². The predicted molar refractivity (Wildman–Crippen MR) is 150 cm³/mol. The number of benzene rings is 1. The van der Waals surface area contributed by atoms with Gasteiger partial charge in [0.1, 0.15) is 28.8 Å². The van der Waals surface area contributed by atoms with Gasteiger partial charge in [-0.25, -0.2) is 23.4 Å². The van der Waals surface area contributed by atoms with Crippen molar-refractivity contribution in [3.63, 3.8) is 0 Å². The van der Waals surface area contributed by atoms with Crippen LogP contribution in [0.5, 0.6) is 0 Å². The molecule has 0 amide bonds. The van der Waals surface area contributed by atoms with Gasteiger partial charge in [-0.05, 0) is 44.9 Å². The summed E-state index contributed by atoms with van der Waals surface area (Å²) in [7, 11) is 0. The lowest BCUT2D eigenvalue weighted by atomic mass is 9.69. The van der Waals surface area contributed by atoms with Crippen LogP contribution >= 0.6 is 0 Å². The lowest BCUT2D eigenvalue weighted by molar-refractivity contribution is -0.127. The first-order valence-electron chi connectivity index (χ1n) is 14.4. The summed E-state index contributed by atoms with van der Waals surface area (Å²) in [5.41, 5.74) is 0.784. The minimum atomic E-state index is -0.798. The average molecular weight is 565 g/mol. The molecule has 0 atom stereocenters. The summed E-state index contributed by atoms with van der Waals surface area (Å²) in [6, 6.07) is 5.54. The number of nitrogens with zero attached hydrogens (tertiary/aromatic N) is 6. The zero-order valence-electron chi connectivity index (χ0n) is 24.3. The molecular weight excluding hydrogens is 526 g/mol. The van der Waals surface area contributed by atoms with E-state index in [1.54, 1.807) is 0 Å². The maximum atomic E-state index is 14.3. The van der Waals surface area contributed by atoms with Crippen molar-refractivity contribution in [3.8, 4) is 5.69 Å². The number of halogens is 2. The highest BCUT2D eigenvalue weighted by Crippen LogP contribution is 2.43. The summed E-state index contributed by atoms with van der Waals surface area (Å²) < 4.78 is 28.8. The van der Waals surface area contributed by atoms with Gasteiger partial charge in [-0.15, -0.1) is 5.10 Å². The van der Waals surface area contributed by atoms with Crippen LogP contribution in [0.4, 0.5) is 8.78 Å². The molecule has 2 aliphatic rings. The summed E-state index contributed by atoms with van der Waals surface area (Å²) in [5, 5.41) is 7.90. The Hall–Kier alpha value is -3.40. The topological polar surface area (TPSA) is 93.9 Å².